The molecule has 1 aromatic carbocycles. The fourth-order valence-corrected chi connectivity index (χ4v) is 1.36. The molecule has 6 heteroatoms. The van der Waals surface area contributed by atoms with Crippen molar-refractivity contribution in [3.05, 3.63) is 29.8 Å². The van der Waals surface area contributed by atoms with Crippen LogP contribution in [0.1, 0.15) is 5.56 Å². The van der Waals surface area contributed by atoms with E-state index in [0.717, 1.165) is 5.69 Å². The van der Waals surface area contributed by atoms with E-state index in [1.807, 2.05) is 31.2 Å². The summed E-state index contributed by atoms with van der Waals surface area (Å²) >= 11 is 0. The van der Waals surface area contributed by atoms with Gasteiger partial charge in [-0.3, -0.25) is 10.6 Å². The maximum Gasteiger partial charge on any atom is 0.220 e. The molecule has 1 heterocycles. The third kappa shape index (κ3) is 2.50. The normalized spacial score (nSPS) is 19.0. The monoisotopic (exact) mass is 239 g/mol. The summed E-state index contributed by atoms with van der Waals surface area (Å²) in [7, 11) is 0. The van der Waals surface area contributed by atoms with Crippen LogP contribution in [0.5, 0.6) is 0 Å². The van der Waals surface area contributed by atoms with E-state index in [2.05, 4.69) is 9.98 Å². The SMILES string of the molecule is Cc1ccc(N2C=NC(N)=NC2N)cc1.Cl. The number of hydrogen-bond acceptors (Lipinski definition) is 5. The van der Waals surface area contributed by atoms with Crippen LogP contribution in [0.3, 0.4) is 0 Å². The van der Waals surface area contributed by atoms with Gasteiger partial charge >= 0.3 is 0 Å². The van der Waals surface area contributed by atoms with Crippen molar-refractivity contribution in [2.75, 3.05) is 4.90 Å². The van der Waals surface area contributed by atoms with Gasteiger partial charge in [-0.1, -0.05) is 17.7 Å². The Balaban J connectivity index is 0.00000128. The van der Waals surface area contributed by atoms with Gasteiger partial charge in [0.05, 0.1) is 0 Å². The molecular weight excluding hydrogens is 226 g/mol. The highest BCUT2D eigenvalue weighted by atomic mass is 35.5. The first-order valence-electron chi connectivity index (χ1n) is 4.65. The second kappa shape index (κ2) is 4.96. The van der Waals surface area contributed by atoms with Crippen LogP contribution < -0.4 is 16.4 Å². The predicted octanol–water partition coefficient (Wildman–Crippen LogP) is 0.822. The van der Waals surface area contributed by atoms with Crippen LogP contribution in [-0.2, 0) is 0 Å². The third-order valence-electron chi connectivity index (χ3n) is 2.20. The van der Waals surface area contributed by atoms with Gasteiger partial charge in [-0.15, -0.1) is 12.4 Å². The molecule has 1 aliphatic heterocycles. The fourth-order valence-electron chi connectivity index (χ4n) is 1.36. The lowest BCUT2D eigenvalue weighted by Crippen LogP contribution is -2.44. The second-order valence-corrected chi connectivity index (χ2v) is 3.39. The zero-order valence-corrected chi connectivity index (χ0v) is 9.69. The van der Waals surface area contributed by atoms with Crippen LogP contribution in [0.4, 0.5) is 5.69 Å². The number of anilines is 1. The Labute approximate surface area is 100 Å². The largest absolute Gasteiger partial charge is 0.368 e. The van der Waals surface area contributed by atoms with E-state index >= 15 is 0 Å². The van der Waals surface area contributed by atoms with Crippen molar-refractivity contribution >= 4 is 30.4 Å². The van der Waals surface area contributed by atoms with Gasteiger partial charge in [0.2, 0.25) is 5.96 Å². The Morgan fingerprint density at radius 3 is 2.44 bits per heavy atom. The highest BCUT2D eigenvalue weighted by molar-refractivity contribution is 5.94. The van der Waals surface area contributed by atoms with Gasteiger partial charge in [0.1, 0.15) is 6.34 Å². The summed E-state index contributed by atoms with van der Waals surface area (Å²) in [4.78, 5) is 9.63. The van der Waals surface area contributed by atoms with Gasteiger partial charge in [-0.05, 0) is 19.1 Å². The Kier molecular flexibility index (Phi) is 3.87. The summed E-state index contributed by atoms with van der Waals surface area (Å²) in [6, 6.07) is 7.96. The number of benzene rings is 1. The van der Waals surface area contributed by atoms with Gasteiger partial charge in [0.15, 0.2) is 6.29 Å². The Morgan fingerprint density at radius 2 is 1.88 bits per heavy atom. The number of rotatable bonds is 1. The Bertz CT molecular complexity index is 412. The summed E-state index contributed by atoms with van der Waals surface area (Å²) in [5, 5.41) is 0. The topological polar surface area (TPSA) is 80.0 Å². The van der Waals surface area contributed by atoms with E-state index in [1.54, 1.807) is 11.2 Å². The molecule has 0 saturated carbocycles. The van der Waals surface area contributed by atoms with Crippen LogP contribution in [0, 0.1) is 6.92 Å². The molecule has 5 nitrogen and oxygen atoms in total. The molecule has 1 unspecified atom stereocenters. The quantitative estimate of drug-likeness (QED) is 0.762. The molecule has 0 bridgehead atoms. The minimum Gasteiger partial charge on any atom is -0.368 e. The third-order valence-corrected chi connectivity index (χ3v) is 2.20. The summed E-state index contributed by atoms with van der Waals surface area (Å²) in [5.74, 6) is 0.214. The van der Waals surface area contributed by atoms with Crippen molar-refractivity contribution in [3.8, 4) is 0 Å². The number of guanidine groups is 1. The molecule has 2 rings (SSSR count). The molecule has 0 aromatic heterocycles. The van der Waals surface area contributed by atoms with Gasteiger partial charge in [-0.25, -0.2) is 9.98 Å². The van der Waals surface area contributed by atoms with Crippen molar-refractivity contribution in [3.63, 3.8) is 0 Å². The average molecular weight is 240 g/mol. The van der Waals surface area contributed by atoms with E-state index in [1.165, 1.54) is 5.56 Å². The Morgan fingerprint density at radius 1 is 1.25 bits per heavy atom. The highest BCUT2D eigenvalue weighted by Crippen LogP contribution is 2.16. The van der Waals surface area contributed by atoms with Crippen molar-refractivity contribution in [2.45, 2.75) is 13.2 Å². The van der Waals surface area contributed by atoms with E-state index in [4.69, 9.17) is 11.5 Å². The molecule has 16 heavy (non-hydrogen) atoms. The fraction of sp³-hybridized carbons (Fsp3) is 0.200. The second-order valence-electron chi connectivity index (χ2n) is 3.39. The molecule has 86 valence electrons. The molecule has 1 aromatic rings. The lowest BCUT2D eigenvalue weighted by molar-refractivity contribution is 0.729. The number of aryl methyl sites for hydroxylation is 1. The number of halogens is 1. The molecule has 0 saturated heterocycles. The van der Waals surface area contributed by atoms with Gasteiger partial charge in [-0.2, -0.15) is 0 Å². The summed E-state index contributed by atoms with van der Waals surface area (Å²) in [6.45, 7) is 2.03. The molecule has 0 aliphatic carbocycles. The lowest BCUT2D eigenvalue weighted by atomic mass is 10.2. The van der Waals surface area contributed by atoms with Crippen LogP contribution in [-0.4, -0.2) is 18.6 Å². The van der Waals surface area contributed by atoms with Crippen LogP contribution in [0.25, 0.3) is 0 Å². The molecule has 0 radical (unpaired) electrons. The average Bonchev–Trinajstić information content (AvgIpc) is 2.20. The van der Waals surface area contributed by atoms with E-state index < -0.39 is 6.29 Å². The standard InChI is InChI=1S/C10H13N5.ClH/c1-7-2-4-8(5-3-7)15-6-13-9(11)14-10(15)12;/h2-6,10H,12H2,1H3,(H2,11,14);1H. The van der Waals surface area contributed by atoms with Gasteiger partial charge < -0.3 is 5.73 Å². The maximum absolute atomic E-state index is 5.81. The summed E-state index contributed by atoms with van der Waals surface area (Å²) in [6.07, 6.45) is 1.10. The Hall–Kier alpha value is -1.59. The summed E-state index contributed by atoms with van der Waals surface area (Å²) in [5.41, 5.74) is 13.4. The molecule has 1 aliphatic rings. The molecule has 0 amide bonds. The van der Waals surface area contributed by atoms with Crippen LogP contribution in [0.15, 0.2) is 34.3 Å². The number of hydrogen-bond donors (Lipinski definition) is 2. The first kappa shape index (κ1) is 12.5. The molecule has 0 spiro atoms. The molecular formula is C10H14ClN5. The smallest absolute Gasteiger partial charge is 0.220 e. The minimum absolute atomic E-state index is 0. The maximum atomic E-state index is 5.81. The minimum atomic E-state index is -0.495. The molecule has 4 N–H and O–H groups in total. The van der Waals surface area contributed by atoms with E-state index in [0.29, 0.717) is 0 Å². The predicted molar refractivity (Wildman–Crippen MR) is 69.0 cm³/mol. The van der Waals surface area contributed by atoms with Crippen molar-refractivity contribution in [2.24, 2.45) is 21.5 Å². The van der Waals surface area contributed by atoms with Crippen molar-refractivity contribution < 1.29 is 0 Å². The highest BCUT2D eigenvalue weighted by Gasteiger charge is 2.15. The molecule has 0 fully saturated rings. The summed E-state index contributed by atoms with van der Waals surface area (Å²) < 4.78 is 0. The van der Waals surface area contributed by atoms with Crippen molar-refractivity contribution in [1.82, 2.24) is 0 Å². The van der Waals surface area contributed by atoms with Crippen molar-refractivity contribution in [1.29, 1.82) is 0 Å². The number of nitrogens with two attached hydrogens (primary N) is 2. The van der Waals surface area contributed by atoms with E-state index in [-0.39, 0.29) is 18.4 Å². The first-order valence-corrected chi connectivity index (χ1v) is 4.65. The van der Waals surface area contributed by atoms with E-state index in [9.17, 15) is 0 Å². The number of nitrogens with zero attached hydrogens (tertiary/aromatic N) is 3. The first-order chi connectivity index (χ1) is 7.16. The van der Waals surface area contributed by atoms with Crippen LogP contribution in [0.2, 0.25) is 0 Å². The lowest BCUT2D eigenvalue weighted by Gasteiger charge is -2.26. The zero-order valence-electron chi connectivity index (χ0n) is 8.87. The van der Waals surface area contributed by atoms with Gasteiger partial charge in [0.25, 0.3) is 0 Å². The number of aliphatic imine (C=N–C) groups is 2. The van der Waals surface area contributed by atoms with Crippen LogP contribution >= 0.6 is 12.4 Å². The zero-order chi connectivity index (χ0) is 10.8. The van der Waals surface area contributed by atoms with Gasteiger partial charge in [0, 0.05) is 5.69 Å². The molecule has 1 atom stereocenters.